The number of phenols is 1. The van der Waals surface area contributed by atoms with Gasteiger partial charge in [0.05, 0.1) is 17.5 Å². The number of likely N-dealkylation sites (N-methyl/N-ethyl adjacent to an activating group) is 1. The number of fused-ring (bicyclic) bond motifs is 3. The van der Waals surface area contributed by atoms with Crippen molar-refractivity contribution >= 4 is 40.6 Å². The van der Waals surface area contributed by atoms with Crippen LogP contribution < -0.4 is 11.1 Å². The number of hydrogen-bond donors (Lipinski definition) is 4. The molecule has 1 amide bonds. The van der Waals surface area contributed by atoms with E-state index >= 15 is 0 Å². The minimum Gasteiger partial charge on any atom is -0.507 e. The average molecular weight is 574 g/mol. The van der Waals surface area contributed by atoms with Crippen molar-refractivity contribution in [1.82, 2.24) is 10.2 Å². The number of amides is 1. The molecule has 4 aliphatic rings. The Morgan fingerprint density at radius 3 is 2.42 bits per heavy atom. The predicted octanol–water partition coefficient (Wildman–Crippen LogP) is 1.19. The fourth-order valence-electron chi connectivity index (χ4n) is 7.63. The molecule has 2 unspecified atom stereocenters. The van der Waals surface area contributed by atoms with Gasteiger partial charge in [0.15, 0.2) is 34.7 Å². The molecule has 1 aromatic carbocycles. The van der Waals surface area contributed by atoms with Crippen molar-refractivity contribution in [1.29, 1.82) is 0 Å². The highest BCUT2D eigenvalue weighted by Gasteiger charge is 2.69. The summed E-state index contributed by atoms with van der Waals surface area (Å²) < 4.78 is 0. The molecule has 0 bridgehead atoms. The van der Waals surface area contributed by atoms with Gasteiger partial charge in [-0.05, 0) is 74.7 Å². The van der Waals surface area contributed by atoms with Crippen LogP contribution in [0, 0.1) is 29.1 Å². The molecule has 216 valence electrons. The van der Waals surface area contributed by atoms with Gasteiger partial charge >= 0.3 is 0 Å². The number of carbonyl (C=O) groups is 5. The van der Waals surface area contributed by atoms with Gasteiger partial charge < -0.3 is 21.3 Å². The third kappa shape index (κ3) is 4.06. The van der Waals surface area contributed by atoms with Crippen LogP contribution in [-0.4, -0.2) is 76.4 Å². The van der Waals surface area contributed by atoms with Crippen LogP contribution in [0.4, 0.5) is 0 Å². The van der Waals surface area contributed by atoms with Crippen molar-refractivity contribution in [2.45, 2.75) is 63.6 Å². The van der Waals surface area contributed by atoms with Crippen LogP contribution in [0.15, 0.2) is 6.07 Å². The topological polar surface area (TPSA) is 167 Å². The smallest absolute Gasteiger partial charge is 0.235 e. The largest absolute Gasteiger partial charge is 0.507 e. The van der Waals surface area contributed by atoms with Crippen molar-refractivity contribution in [3.05, 3.63) is 27.8 Å². The van der Waals surface area contributed by atoms with Gasteiger partial charge in [0.1, 0.15) is 5.75 Å². The Labute approximate surface area is 237 Å². The number of aliphatic hydroxyl groups is 1. The lowest BCUT2D eigenvalue weighted by molar-refractivity contribution is -0.181. The highest BCUT2D eigenvalue weighted by molar-refractivity contribution is 6.34. The van der Waals surface area contributed by atoms with Crippen molar-refractivity contribution < 1.29 is 34.2 Å². The zero-order chi connectivity index (χ0) is 29.3. The molecule has 5 N–H and O–H groups in total. The van der Waals surface area contributed by atoms with Gasteiger partial charge in [0, 0.05) is 24.0 Å². The summed E-state index contributed by atoms with van der Waals surface area (Å²) in [4.78, 5) is 67.7. The summed E-state index contributed by atoms with van der Waals surface area (Å²) in [5.74, 6) is -10.7. The Balaban J connectivity index is 1.50. The molecule has 3 saturated carbocycles. The zero-order valence-corrected chi connectivity index (χ0v) is 23.7. The predicted molar refractivity (Wildman–Crippen MR) is 145 cm³/mol. The first-order valence-electron chi connectivity index (χ1n) is 13.9. The van der Waals surface area contributed by atoms with E-state index in [1.54, 1.807) is 14.1 Å². The van der Waals surface area contributed by atoms with Crippen LogP contribution >= 0.6 is 11.6 Å². The molecule has 5 rings (SSSR count). The maximum absolute atomic E-state index is 13.9. The molecular formula is C29H36ClN3O7. The number of nitrogens with zero attached hydrogens (tertiary/aromatic N) is 1. The van der Waals surface area contributed by atoms with Gasteiger partial charge in [0.2, 0.25) is 5.91 Å². The summed E-state index contributed by atoms with van der Waals surface area (Å²) in [5, 5.41) is 26.3. The molecule has 1 aromatic rings. The first-order valence-corrected chi connectivity index (χ1v) is 14.3. The van der Waals surface area contributed by atoms with Crippen molar-refractivity contribution in [2.75, 3.05) is 20.6 Å². The minimum atomic E-state index is -2.74. The monoisotopic (exact) mass is 573 g/mol. The normalized spacial score (nSPS) is 32.8. The number of primary amides is 1. The maximum Gasteiger partial charge on any atom is 0.235 e. The minimum absolute atomic E-state index is 0.0114. The van der Waals surface area contributed by atoms with Gasteiger partial charge in [-0.2, -0.15) is 0 Å². The third-order valence-corrected chi connectivity index (χ3v) is 10.5. The molecule has 40 heavy (non-hydrogen) atoms. The second-order valence-corrected chi connectivity index (χ2v) is 12.7. The average Bonchev–Trinajstić information content (AvgIpc) is 2.85. The van der Waals surface area contributed by atoms with E-state index in [9.17, 15) is 34.2 Å². The van der Waals surface area contributed by atoms with Crippen molar-refractivity contribution in [2.24, 2.45) is 34.8 Å². The number of phenolic OH excluding ortho intramolecular Hbond substituents is 1. The Hall–Kier alpha value is -2.66. The van der Waals surface area contributed by atoms with E-state index in [0.717, 1.165) is 25.8 Å². The number of Topliss-reactive ketones (excluding diaryl/α,β-unsaturated/α-hetero) is 4. The van der Waals surface area contributed by atoms with E-state index < -0.39 is 64.4 Å². The fourth-order valence-corrected chi connectivity index (χ4v) is 7.92. The van der Waals surface area contributed by atoms with E-state index in [2.05, 4.69) is 12.2 Å². The Morgan fingerprint density at radius 1 is 1.20 bits per heavy atom. The third-order valence-electron chi connectivity index (χ3n) is 10.0. The molecule has 0 aliphatic heterocycles. The van der Waals surface area contributed by atoms with Crippen LogP contribution in [0.5, 0.6) is 5.75 Å². The van der Waals surface area contributed by atoms with Crippen LogP contribution in [0.3, 0.4) is 0 Å². The Kier molecular flexibility index (Phi) is 7.22. The maximum atomic E-state index is 13.9. The van der Waals surface area contributed by atoms with Crippen molar-refractivity contribution in [3.8, 4) is 5.75 Å². The summed E-state index contributed by atoms with van der Waals surface area (Å²) in [6.07, 6.45) is 4.75. The lowest BCUT2D eigenvalue weighted by atomic mass is 9.52. The van der Waals surface area contributed by atoms with E-state index in [4.69, 9.17) is 17.3 Å². The van der Waals surface area contributed by atoms with Crippen LogP contribution in [0.1, 0.15) is 60.5 Å². The van der Waals surface area contributed by atoms with E-state index in [1.165, 1.54) is 17.4 Å². The quantitative estimate of drug-likeness (QED) is 0.350. The van der Waals surface area contributed by atoms with Gasteiger partial charge in [-0.25, -0.2) is 0 Å². The summed E-state index contributed by atoms with van der Waals surface area (Å²) in [5.41, 5.74) is 3.84. The van der Waals surface area contributed by atoms with Gasteiger partial charge in [-0.3, -0.25) is 28.9 Å². The number of carbonyl (C=O) groups excluding carboxylic acids is 5. The zero-order valence-electron chi connectivity index (χ0n) is 23.0. The Bertz CT molecular complexity index is 1320. The number of nitrogens with one attached hydrogen (secondary N) is 1. The number of nitrogens with two attached hydrogens (primary N) is 1. The molecule has 10 nitrogen and oxygen atoms in total. The number of aromatic hydroxyl groups is 1. The SMILES string of the molecule is CCC1(CNCc2cc(O)c3c(c2Cl)C[C@H]2C[C@H]4[C@H](N(C)C)C(=O)C(C(N)=O)C(=O)[C@@]4(O)C(=O)C2C3=O)CCC1. The number of hydrogen-bond acceptors (Lipinski definition) is 9. The highest BCUT2D eigenvalue weighted by atomic mass is 35.5. The highest BCUT2D eigenvalue weighted by Crippen LogP contribution is 2.52. The van der Waals surface area contributed by atoms with Gasteiger partial charge in [0.25, 0.3) is 0 Å². The molecule has 11 heteroatoms. The summed E-state index contributed by atoms with van der Waals surface area (Å²) in [6, 6.07) is 0.282. The molecule has 6 atom stereocenters. The molecule has 3 fully saturated rings. The summed E-state index contributed by atoms with van der Waals surface area (Å²) in [6.45, 7) is 3.39. The van der Waals surface area contributed by atoms with Crippen LogP contribution in [-0.2, 0) is 32.1 Å². The molecule has 0 heterocycles. The van der Waals surface area contributed by atoms with Crippen molar-refractivity contribution in [3.63, 3.8) is 0 Å². The number of benzene rings is 1. The lowest BCUT2D eigenvalue weighted by Gasteiger charge is -2.52. The standard InChI is InChI=1S/C29H36ClN3O7/c1-4-28(6-5-7-28)12-32-11-14-10-17(34)19-15(21(14)30)8-13-9-16-22(33(2)3)24(36)20(27(31)39)26(38)29(16,40)25(37)18(13)23(19)35/h10,13,16,18,20,22,32,34,40H,4-9,11-12H2,1-3H3,(H2,31,39)/t13-,16-,18?,20?,22-,29-/m0/s1. The molecular weight excluding hydrogens is 538 g/mol. The molecule has 0 spiro atoms. The van der Waals surface area contributed by atoms with Crippen LogP contribution in [0.2, 0.25) is 5.02 Å². The van der Waals surface area contributed by atoms with E-state index in [1.807, 2.05) is 0 Å². The van der Waals surface area contributed by atoms with Crippen LogP contribution in [0.25, 0.3) is 0 Å². The first-order chi connectivity index (χ1) is 18.8. The second-order valence-electron chi connectivity index (χ2n) is 12.3. The second kappa shape index (κ2) is 10.0. The van der Waals surface area contributed by atoms with Gasteiger partial charge in [-0.15, -0.1) is 0 Å². The summed E-state index contributed by atoms with van der Waals surface area (Å²) >= 11 is 6.80. The van der Waals surface area contributed by atoms with E-state index in [0.29, 0.717) is 22.7 Å². The molecule has 0 aromatic heterocycles. The Morgan fingerprint density at radius 2 is 1.88 bits per heavy atom. The number of rotatable bonds is 7. The fraction of sp³-hybridized carbons (Fsp3) is 0.621. The van der Waals surface area contributed by atoms with Gasteiger partial charge in [-0.1, -0.05) is 24.9 Å². The first kappa shape index (κ1) is 28.9. The van der Waals surface area contributed by atoms with E-state index in [-0.39, 0.29) is 29.6 Å². The molecule has 0 radical (unpaired) electrons. The molecule has 4 aliphatic carbocycles. The lowest BCUT2D eigenvalue weighted by Crippen LogP contribution is -2.74. The molecule has 0 saturated heterocycles. The number of ketones is 4. The number of halogens is 1. The summed E-state index contributed by atoms with van der Waals surface area (Å²) in [7, 11) is 3.10.